The van der Waals surface area contributed by atoms with Crippen molar-refractivity contribution < 1.29 is 0 Å². The Balaban J connectivity index is 1.16. The van der Waals surface area contributed by atoms with E-state index >= 15 is 0 Å². The summed E-state index contributed by atoms with van der Waals surface area (Å²) in [5, 5.41) is 1.05. The highest BCUT2D eigenvalue weighted by Crippen LogP contribution is 2.49. The van der Waals surface area contributed by atoms with Gasteiger partial charge in [0.05, 0.1) is 22.2 Å². The van der Waals surface area contributed by atoms with Crippen LogP contribution in [0, 0.1) is 0 Å². The van der Waals surface area contributed by atoms with Gasteiger partial charge in [-0.2, -0.15) is 0 Å². The highest BCUT2D eigenvalue weighted by Gasteiger charge is 2.35. The van der Waals surface area contributed by atoms with Gasteiger partial charge in [0.25, 0.3) is 0 Å². The van der Waals surface area contributed by atoms with E-state index in [4.69, 9.17) is 15.0 Å². The van der Waals surface area contributed by atoms with E-state index in [1.807, 2.05) is 18.2 Å². The number of para-hydroxylation sites is 4. The van der Waals surface area contributed by atoms with Gasteiger partial charge < -0.3 is 0 Å². The van der Waals surface area contributed by atoms with Crippen LogP contribution in [0.5, 0.6) is 0 Å². The topological polar surface area (TPSA) is 43.6 Å². The molecule has 0 bridgehead atoms. The van der Waals surface area contributed by atoms with Crippen molar-refractivity contribution in [2.75, 3.05) is 0 Å². The van der Waals surface area contributed by atoms with Crippen molar-refractivity contribution >= 4 is 21.9 Å². The van der Waals surface area contributed by atoms with Gasteiger partial charge in [-0.05, 0) is 58.7 Å². The molecule has 0 radical (unpaired) electrons. The molecule has 4 heteroatoms. The van der Waals surface area contributed by atoms with Crippen LogP contribution in [0.2, 0.25) is 0 Å². The second-order valence-electron chi connectivity index (χ2n) is 12.5. The minimum absolute atomic E-state index is 0.0836. The summed E-state index contributed by atoms with van der Waals surface area (Å²) in [6.45, 7) is 4.64. The smallest absolute Gasteiger partial charge is 0.160 e. The van der Waals surface area contributed by atoms with E-state index in [9.17, 15) is 0 Å². The molecule has 4 nitrogen and oxygen atoms in total. The van der Waals surface area contributed by atoms with E-state index in [1.165, 1.54) is 22.3 Å². The molecule has 0 unspecified atom stereocenters. The van der Waals surface area contributed by atoms with E-state index < -0.39 is 0 Å². The van der Waals surface area contributed by atoms with Crippen molar-refractivity contribution in [3.63, 3.8) is 0 Å². The normalized spacial score (nSPS) is 13.2. The third kappa shape index (κ3) is 4.04. The maximum atomic E-state index is 5.23. The Morgan fingerprint density at radius 1 is 0.500 bits per heavy atom. The summed E-state index contributed by atoms with van der Waals surface area (Å²) in [7, 11) is 0. The maximum absolute atomic E-state index is 5.23. The third-order valence-corrected chi connectivity index (χ3v) is 9.44. The number of nitrogens with zero attached hydrogens (tertiary/aromatic N) is 4. The van der Waals surface area contributed by atoms with Crippen LogP contribution >= 0.6 is 0 Å². The van der Waals surface area contributed by atoms with Gasteiger partial charge in [-0.3, -0.25) is 4.57 Å². The fraction of sp³-hybridized carbons (Fsp3) is 0.0714. The summed E-state index contributed by atoms with van der Waals surface area (Å²) in [4.78, 5) is 15.3. The van der Waals surface area contributed by atoms with Gasteiger partial charge >= 0.3 is 0 Å². The molecule has 0 spiro atoms. The SMILES string of the molecule is CC1(C)c2ccccc2-c2ccc(-c3nc(-c4ccc(-c5nc6ccccc6n5-c5ccccc5)cc4)nc4ccccc34)cc21. The zero-order chi connectivity index (χ0) is 30.8. The van der Waals surface area contributed by atoms with Crippen LogP contribution in [0.25, 0.3) is 72.8 Å². The molecular weight excluding hydrogens is 560 g/mol. The van der Waals surface area contributed by atoms with Crippen LogP contribution in [-0.4, -0.2) is 19.5 Å². The van der Waals surface area contributed by atoms with E-state index in [2.05, 4.69) is 146 Å². The molecule has 0 amide bonds. The van der Waals surface area contributed by atoms with Gasteiger partial charge in [-0.15, -0.1) is 0 Å². The minimum atomic E-state index is -0.0836. The molecule has 218 valence electrons. The molecule has 0 aliphatic heterocycles. The number of imidazole rings is 1. The molecule has 0 atom stereocenters. The van der Waals surface area contributed by atoms with Gasteiger partial charge in [0, 0.05) is 33.2 Å². The summed E-state index contributed by atoms with van der Waals surface area (Å²) in [6, 6.07) is 51.1. The number of rotatable bonds is 4. The van der Waals surface area contributed by atoms with Gasteiger partial charge in [0.2, 0.25) is 0 Å². The number of aromatic nitrogens is 4. The van der Waals surface area contributed by atoms with Crippen LogP contribution in [0.4, 0.5) is 0 Å². The van der Waals surface area contributed by atoms with Gasteiger partial charge in [-0.25, -0.2) is 15.0 Å². The fourth-order valence-electron chi connectivity index (χ4n) is 7.10. The highest BCUT2D eigenvalue weighted by molar-refractivity contribution is 5.95. The fourth-order valence-corrected chi connectivity index (χ4v) is 7.10. The first kappa shape index (κ1) is 26.5. The standard InChI is InChI=1S/C42H30N4/c1-42(2)34-16-8-6-14-31(34)32-25-24-29(26-35(32)42)39-33-15-7-9-17-36(33)43-40(45-39)27-20-22-28(23-21-27)41-44-37-18-10-11-19-38(37)46(41)30-12-4-3-5-13-30/h3-26H,1-2H3. The Labute approximate surface area is 267 Å². The first-order valence-electron chi connectivity index (χ1n) is 15.7. The van der Waals surface area contributed by atoms with E-state index in [0.717, 1.165) is 55.8 Å². The number of benzene rings is 6. The number of fused-ring (bicyclic) bond motifs is 5. The Kier molecular flexibility index (Phi) is 5.81. The van der Waals surface area contributed by atoms with Crippen LogP contribution in [-0.2, 0) is 5.41 Å². The molecule has 2 aromatic heterocycles. The first-order chi connectivity index (χ1) is 22.6. The summed E-state index contributed by atoms with van der Waals surface area (Å²) in [5.74, 6) is 1.61. The van der Waals surface area contributed by atoms with Gasteiger partial charge in [0.1, 0.15) is 5.82 Å². The van der Waals surface area contributed by atoms with E-state index in [1.54, 1.807) is 0 Å². The lowest BCUT2D eigenvalue weighted by atomic mass is 9.82. The molecule has 1 aliphatic carbocycles. The van der Waals surface area contributed by atoms with E-state index in [0.29, 0.717) is 5.82 Å². The second kappa shape index (κ2) is 10.1. The monoisotopic (exact) mass is 590 g/mol. The predicted molar refractivity (Wildman–Crippen MR) is 188 cm³/mol. The van der Waals surface area contributed by atoms with Crippen molar-refractivity contribution in [3.8, 4) is 50.8 Å². The molecule has 0 saturated heterocycles. The van der Waals surface area contributed by atoms with Gasteiger partial charge in [0.15, 0.2) is 5.82 Å². The van der Waals surface area contributed by atoms with Crippen molar-refractivity contribution in [1.29, 1.82) is 0 Å². The third-order valence-electron chi connectivity index (χ3n) is 9.44. The molecule has 6 aromatic carbocycles. The average Bonchev–Trinajstić information content (AvgIpc) is 3.61. The van der Waals surface area contributed by atoms with Crippen molar-refractivity contribution in [2.24, 2.45) is 0 Å². The van der Waals surface area contributed by atoms with Crippen molar-refractivity contribution in [1.82, 2.24) is 19.5 Å². The Morgan fingerprint density at radius 3 is 2.00 bits per heavy atom. The molecule has 0 saturated carbocycles. The molecule has 1 aliphatic rings. The summed E-state index contributed by atoms with van der Waals surface area (Å²) >= 11 is 0. The predicted octanol–water partition coefficient (Wildman–Crippen LogP) is 10.3. The molecule has 46 heavy (non-hydrogen) atoms. The molecule has 2 heterocycles. The lowest BCUT2D eigenvalue weighted by molar-refractivity contribution is 0.660. The van der Waals surface area contributed by atoms with Gasteiger partial charge in [-0.1, -0.05) is 123 Å². The number of hydrogen-bond acceptors (Lipinski definition) is 3. The lowest BCUT2D eigenvalue weighted by Crippen LogP contribution is -2.14. The quantitative estimate of drug-likeness (QED) is 0.205. The summed E-state index contributed by atoms with van der Waals surface area (Å²) in [6.07, 6.45) is 0. The molecule has 0 N–H and O–H groups in total. The summed E-state index contributed by atoms with van der Waals surface area (Å²) < 4.78 is 2.22. The van der Waals surface area contributed by atoms with Crippen LogP contribution < -0.4 is 0 Å². The molecule has 9 rings (SSSR count). The van der Waals surface area contributed by atoms with Crippen molar-refractivity contribution in [2.45, 2.75) is 19.3 Å². The largest absolute Gasteiger partial charge is 0.292 e. The Bertz CT molecular complexity index is 2440. The van der Waals surface area contributed by atoms with E-state index in [-0.39, 0.29) is 5.41 Å². The first-order valence-corrected chi connectivity index (χ1v) is 15.7. The average molecular weight is 591 g/mol. The Morgan fingerprint density at radius 2 is 1.15 bits per heavy atom. The second-order valence-corrected chi connectivity index (χ2v) is 12.5. The van der Waals surface area contributed by atoms with Crippen LogP contribution in [0.15, 0.2) is 146 Å². The van der Waals surface area contributed by atoms with Crippen LogP contribution in [0.3, 0.4) is 0 Å². The van der Waals surface area contributed by atoms with Crippen molar-refractivity contribution in [3.05, 3.63) is 157 Å². The molecular formula is C42H30N4. The maximum Gasteiger partial charge on any atom is 0.160 e. The molecule has 8 aromatic rings. The summed E-state index contributed by atoms with van der Waals surface area (Å²) in [5.41, 5.74) is 13.4. The lowest BCUT2D eigenvalue weighted by Gasteiger charge is -2.22. The number of hydrogen-bond donors (Lipinski definition) is 0. The highest BCUT2D eigenvalue weighted by atomic mass is 15.1. The van der Waals surface area contributed by atoms with Crippen LogP contribution in [0.1, 0.15) is 25.0 Å². The Hall–Kier alpha value is -5.87. The zero-order valence-electron chi connectivity index (χ0n) is 25.6. The molecule has 0 fully saturated rings. The minimum Gasteiger partial charge on any atom is -0.292 e. The zero-order valence-corrected chi connectivity index (χ0v) is 25.6.